The van der Waals surface area contributed by atoms with Crippen molar-refractivity contribution < 1.29 is 9.53 Å². The van der Waals surface area contributed by atoms with Crippen molar-refractivity contribution in [1.29, 1.82) is 0 Å². The zero-order valence-corrected chi connectivity index (χ0v) is 13.5. The Kier molecular flexibility index (Phi) is 5.02. The van der Waals surface area contributed by atoms with E-state index < -0.39 is 0 Å². The number of ether oxygens (including phenoxy) is 1. The second kappa shape index (κ2) is 6.76. The van der Waals surface area contributed by atoms with Gasteiger partial charge in [-0.05, 0) is 23.5 Å². The van der Waals surface area contributed by atoms with Crippen LogP contribution in [-0.2, 0) is 4.74 Å². The largest absolute Gasteiger partial charge is 0.462 e. The first kappa shape index (κ1) is 15.6. The molecule has 112 valence electrons. The van der Waals surface area contributed by atoms with Crippen molar-refractivity contribution in [2.75, 3.05) is 12.3 Å². The van der Waals surface area contributed by atoms with Crippen LogP contribution in [0.4, 0.5) is 5.00 Å². The van der Waals surface area contributed by atoms with Crippen LogP contribution in [0.3, 0.4) is 0 Å². The van der Waals surface area contributed by atoms with Crippen LogP contribution in [0.1, 0.15) is 49.0 Å². The molecule has 4 heteroatoms. The Labute approximate surface area is 129 Å². The lowest BCUT2D eigenvalue weighted by atomic mass is 9.98. The van der Waals surface area contributed by atoms with E-state index >= 15 is 0 Å². The number of anilines is 1. The molecule has 0 unspecified atom stereocenters. The standard InChI is InChI=1S/C17H21NO2S/c1-4-9-20-17(19)15-14(10-21-16(15)18)13-7-5-12(6-8-13)11(2)3/h5-8,10-11H,4,9,18H2,1-3H3. The van der Waals surface area contributed by atoms with Crippen molar-refractivity contribution >= 4 is 22.3 Å². The summed E-state index contributed by atoms with van der Waals surface area (Å²) in [5.74, 6) is 0.152. The van der Waals surface area contributed by atoms with Crippen LogP contribution in [-0.4, -0.2) is 12.6 Å². The van der Waals surface area contributed by atoms with Gasteiger partial charge in [-0.3, -0.25) is 0 Å². The third-order valence-corrected chi connectivity index (χ3v) is 4.16. The Bertz CT molecular complexity index is 614. The highest BCUT2D eigenvalue weighted by molar-refractivity contribution is 7.14. The Balaban J connectivity index is 2.34. The lowest BCUT2D eigenvalue weighted by Crippen LogP contribution is -2.08. The van der Waals surface area contributed by atoms with E-state index in [9.17, 15) is 4.79 Å². The maximum atomic E-state index is 12.2. The van der Waals surface area contributed by atoms with Gasteiger partial charge in [-0.2, -0.15) is 0 Å². The third kappa shape index (κ3) is 3.45. The fourth-order valence-electron chi connectivity index (χ4n) is 2.11. The molecule has 0 fully saturated rings. The molecule has 1 aromatic carbocycles. The molecule has 0 bridgehead atoms. The van der Waals surface area contributed by atoms with E-state index in [2.05, 4.69) is 26.0 Å². The van der Waals surface area contributed by atoms with Crippen molar-refractivity contribution in [3.05, 3.63) is 40.8 Å². The Morgan fingerprint density at radius 2 is 1.95 bits per heavy atom. The summed E-state index contributed by atoms with van der Waals surface area (Å²) in [4.78, 5) is 12.2. The maximum absolute atomic E-state index is 12.2. The van der Waals surface area contributed by atoms with Gasteiger partial charge < -0.3 is 10.5 Å². The van der Waals surface area contributed by atoms with E-state index in [4.69, 9.17) is 10.5 Å². The molecule has 0 spiro atoms. The molecule has 0 saturated carbocycles. The van der Waals surface area contributed by atoms with Gasteiger partial charge in [0.05, 0.1) is 6.61 Å². The van der Waals surface area contributed by atoms with Crippen LogP contribution in [0.15, 0.2) is 29.6 Å². The van der Waals surface area contributed by atoms with Crippen LogP contribution in [0, 0.1) is 0 Å². The van der Waals surface area contributed by atoms with Crippen molar-refractivity contribution in [3.63, 3.8) is 0 Å². The number of benzene rings is 1. The number of nitrogen functional groups attached to an aromatic ring is 1. The molecule has 2 rings (SSSR count). The summed E-state index contributed by atoms with van der Waals surface area (Å²) in [5, 5.41) is 2.43. The second-order valence-electron chi connectivity index (χ2n) is 5.30. The van der Waals surface area contributed by atoms with E-state index in [1.54, 1.807) is 0 Å². The lowest BCUT2D eigenvalue weighted by Gasteiger charge is -2.08. The van der Waals surface area contributed by atoms with Crippen molar-refractivity contribution in [3.8, 4) is 11.1 Å². The minimum atomic E-state index is -0.335. The number of thiophene rings is 1. The average molecular weight is 303 g/mol. The predicted octanol–water partition coefficient (Wildman–Crippen LogP) is 4.69. The van der Waals surface area contributed by atoms with Gasteiger partial charge in [0.1, 0.15) is 10.6 Å². The molecule has 1 aromatic heterocycles. The van der Waals surface area contributed by atoms with E-state index in [0.717, 1.165) is 17.5 Å². The molecule has 0 radical (unpaired) electrons. The summed E-state index contributed by atoms with van der Waals surface area (Å²) in [6.07, 6.45) is 0.800. The number of carbonyl (C=O) groups is 1. The first-order valence-electron chi connectivity index (χ1n) is 7.19. The second-order valence-corrected chi connectivity index (χ2v) is 6.21. The first-order valence-corrected chi connectivity index (χ1v) is 8.07. The summed E-state index contributed by atoms with van der Waals surface area (Å²) >= 11 is 1.38. The Hall–Kier alpha value is -1.81. The fraction of sp³-hybridized carbons (Fsp3) is 0.353. The summed E-state index contributed by atoms with van der Waals surface area (Å²) in [6.45, 7) is 6.70. The number of carbonyl (C=O) groups excluding carboxylic acids is 1. The highest BCUT2D eigenvalue weighted by Gasteiger charge is 2.19. The lowest BCUT2D eigenvalue weighted by molar-refractivity contribution is 0.0508. The number of rotatable bonds is 5. The maximum Gasteiger partial charge on any atom is 0.341 e. The topological polar surface area (TPSA) is 52.3 Å². The first-order chi connectivity index (χ1) is 10.0. The summed E-state index contributed by atoms with van der Waals surface area (Å²) in [5.41, 5.74) is 9.57. The zero-order valence-electron chi connectivity index (χ0n) is 12.7. The molecule has 21 heavy (non-hydrogen) atoms. The molecule has 2 aromatic rings. The minimum absolute atomic E-state index is 0.335. The molecule has 0 aliphatic heterocycles. The van der Waals surface area contributed by atoms with Gasteiger partial charge in [-0.25, -0.2) is 4.79 Å². The van der Waals surface area contributed by atoms with E-state index in [1.165, 1.54) is 16.9 Å². The van der Waals surface area contributed by atoms with Gasteiger partial charge in [0, 0.05) is 10.9 Å². The smallest absolute Gasteiger partial charge is 0.341 e. The van der Waals surface area contributed by atoms with Crippen molar-refractivity contribution in [2.45, 2.75) is 33.1 Å². The fourth-order valence-corrected chi connectivity index (χ4v) is 2.92. The molecule has 0 amide bonds. The van der Waals surface area contributed by atoms with Gasteiger partial charge in [0.15, 0.2) is 0 Å². The monoisotopic (exact) mass is 303 g/mol. The molecule has 0 aliphatic rings. The Morgan fingerprint density at radius 1 is 1.29 bits per heavy atom. The quantitative estimate of drug-likeness (QED) is 0.815. The SMILES string of the molecule is CCCOC(=O)c1c(-c2ccc(C(C)C)cc2)csc1N. The van der Waals surface area contributed by atoms with Crippen LogP contribution in [0.2, 0.25) is 0 Å². The van der Waals surface area contributed by atoms with Crippen LogP contribution in [0.5, 0.6) is 0 Å². The summed E-state index contributed by atoms with van der Waals surface area (Å²) < 4.78 is 5.23. The van der Waals surface area contributed by atoms with Gasteiger partial charge >= 0.3 is 5.97 Å². The van der Waals surface area contributed by atoms with E-state index in [-0.39, 0.29) is 5.97 Å². The summed E-state index contributed by atoms with van der Waals surface area (Å²) in [7, 11) is 0. The van der Waals surface area contributed by atoms with Gasteiger partial charge in [-0.1, -0.05) is 45.0 Å². The molecule has 0 saturated heterocycles. The minimum Gasteiger partial charge on any atom is -0.462 e. The highest BCUT2D eigenvalue weighted by Crippen LogP contribution is 2.34. The highest BCUT2D eigenvalue weighted by atomic mass is 32.1. The third-order valence-electron chi connectivity index (χ3n) is 3.35. The molecule has 2 N–H and O–H groups in total. The van der Waals surface area contributed by atoms with E-state index in [1.807, 2.05) is 24.4 Å². The van der Waals surface area contributed by atoms with Crippen LogP contribution in [0.25, 0.3) is 11.1 Å². The summed E-state index contributed by atoms with van der Waals surface area (Å²) in [6, 6.07) is 8.25. The molecule has 3 nitrogen and oxygen atoms in total. The van der Waals surface area contributed by atoms with Crippen LogP contribution < -0.4 is 5.73 Å². The van der Waals surface area contributed by atoms with Crippen LogP contribution >= 0.6 is 11.3 Å². The zero-order chi connectivity index (χ0) is 15.4. The number of nitrogens with two attached hydrogens (primary N) is 1. The van der Waals surface area contributed by atoms with Crippen molar-refractivity contribution in [1.82, 2.24) is 0 Å². The van der Waals surface area contributed by atoms with E-state index in [0.29, 0.717) is 23.1 Å². The number of esters is 1. The number of hydrogen-bond acceptors (Lipinski definition) is 4. The predicted molar refractivity (Wildman–Crippen MR) is 88.8 cm³/mol. The molecular weight excluding hydrogens is 282 g/mol. The molecular formula is C17H21NO2S. The number of hydrogen-bond donors (Lipinski definition) is 1. The molecule has 0 aliphatic carbocycles. The van der Waals surface area contributed by atoms with Crippen molar-refractivity contribution in [2.24, 2.45) is 0 Å². The average Bonchev–Trinajstić information content (AvgIpc) is 2.86. The normalized spacial score (nSPS) is 10.9. The molecule has 0 atom stereocenters. The Morgan fingerprint density at radius 3 is 2.52 bits per heavy atom. The van der Waals surface area contributed by atoms with Gasteiger partial charge in [-0.15, -0.1) is 11.3 Å². The van der Waals surface area contributed by atoms with Gasteiger partial charge in [0.25, 0.3) is 0 Å². The molecule has 1 heterocycles. The van der Waals surface area contributed by atoms with Gasteiger partial charge in [0.2, 0.25) is 0 Å².